The molecule has 0 bridgehead atoms. The molecule has 7 nitrogen and oxygen atoms in total. The molecule has 1 aliphatic carbocycles. The molecule has 1 saturated carbocycles. The number of anilines is 2. The number of fused-ring (bicyclic) bond motifs is 1. The highest BCUT2D eigenvalue weighted by Gasteiger charge is 2.23. The van der Waals surface area contributed by atoms with Gasteiger partial charge in [0, 0.05) is 37.1 Å². The molecule has 1 fully saturated rings. The molecule has 34 heavy (non-hydrogen) atoms. The van der Waals surface area contributed by atoms with Gasteiger partial charge in [0.25, 0.3) is 0 Å². The Bertz CT molecular complexity index is 1210. The molecule has 1 aromatic heterocycles. The first kappa shape index (κ1) is 24.7. The lowest BCUT2D eigenvalue weighted by molar-refractivity contribution is 0.284. The van der Waals surface area contributed by atoms with Crippen molar-refractivity contribution < 1.29 is 8.42 Å². The highest BCUT2D eigenvalue weighted by molar-refractivity contribution is 7.89. The van der Waals surface area contributed by atoms with Gasteiger partial charge in [-0.3, -0.25) is 0 Å². The normalized spacial score (nSPS) is 18.7. The maximum absolute atomic E-state index is 12.5. The molecule has 1 heterocycles. The molecule has 2 aromatic carbocycles. The zero-order chi connectivity index (χ0) is 24.1. The van der Waals surface area contributed by atoms with E-state index < -0.39 is 10.0 Å². The Kier molecular flexibility index (Phi) is 7.91. The molecule has 0 unspecified atom stereocenters. The number of halogens is 1. The molecule has 2 N–H and O–H groups in total. The van der Waals surface area contributed by atoms with Crippen LogP contribution in [0, 0.1) is 11.8 Å². The molecule has 0 radical (unpaired) electrons. The topological polar surface area (TPSA) is 87.2 Å². The first-order chi connectivity index (χ1) is 16.4. The number of sulfonamides is 1. The largest absolute Gasteiger partial charge is 0.359 e. The Morgan fingerprint density at radius 2 is 1.62 bits per heavy atom. The van der Waals surface area contributed by atoms with E-state index in [4.69, 9.17) is 21.6 Å². The van der Waals surface area contributed by atoms with Gasteiger partial charge in [0.1, 0.15) is 5.82 Å². The lowest BCUT2D eigenvalue weighted by atomic mass is 9.82. The molecule has 9 heteroatoms. The average molecular weight is 502 g/mol. The summed E-state index contributed by atoms with van der Waals surface area (Å²) in [5, 5.41) is 5.03. The molecule has 1 aliphatic rings. The standard InChI is InChI=1S/C25H32ClN5O2S/c1-3-31(2)24-22-6-4-5-7-23(22)29-25(30-24)27-16-18-8-10-19(11-9-18)17-28-34(32,33)21-14-12-20(26)13-15-21/h4-7,12-15,18-19,28H,3,8-11,16-17H2,1-2H3,(H,27,29,30)/t18-,19-. The van der Waals surface area contributed by atoms with Gasteiger partial charge in [0.05, 0.1) is 10.4 Å². The second-order valence-corrected chi connectivity index (χ2v) is 11.2. The van der Waals surface area contributed by atoms with Crippen LogP contribution in [0.1, 0.15) is 32.6 Å². The van der Waals surface area contributed by atoms with Gasteiger partial charge in [-0.05, 0) is 80.8 Å². The fourth-order valence-corrected chi connectivity index (χ4v) is 5.62. The van der Waals surface area contributed by atoms with Crippen molar-refractivity contribution in [2.24, 2.45) is 11.8 Å². The summed E-state index contributed by atoms with van der Waals surface area (Å²) in [5.41, 5.74) is 0.937. The Hall–Kier alpha value is -2.42. The van der Waals surface area contributed by atoms with E-state index in [0.29, 0.717) is 29.4 Å². The molecule has 3 aromatic rings. The first-order valence-electron chi connectivity index (χ1n) is 11.8. The van der Waals surface area contributed by atoms with E-state index in [9.17, 15) is 8.42 Å². The molecule has 0 atom stereocenters. The number of nitrogens with zero attached hydrogens (tertiary/aromatic N) is 3. The van der Waals surface area contributed by atoms with Crippen molar-refractivity contribution in [1.82, 2.24) is 14.7 Å². The number of hydrogen-bond donors (Lipinski definition) is 2. The summed E-state index contributed by atoms with van der Waals surface area (Å²) in [6.45, 7) is 4.26. The molecule has 4 rings (SSSR count). The smallest absolute Gasteiger partial charge is 0.240 e. The monoisotopic (exact) mass is 501 g/mol. The summed E-state index contributed by atoms with van der Waals surface area (Å²) in [6, 6.07) is 14.3. The predicted octanol–water partition coefficient (Wildman–Crippen LogP) is 4.94. The summed E-state index contributed by atoms with van der Waals surface area (Å²) in [4.78, 5) is 11.9. The molecule has 0 aliphatic heterocycles. The van der Waals surface area contributed by atoms with Crippen LogP contribution in [0.3, 0.4) is 0 Å². The fourth-order valence-electron chi connectivity index (χ4n) is 4.38. The van der Waals surface area contributed by atoms with Crippen molar-refractivity contribution >= 4 is 44.3 Å². The average Bonchev–Trinajstić information content (AvgIpc) is 2.86. The quantitative estimate of drug-likeness (QED) is 0.432. The number of aromatic nitrogens is 2. The third-order valence-corrected chi connectivity index (χ3v) is 8.31. The van der Waals surface area contributed by atoms with E-state index in [0.717, 1.165) is 55.5 Å². The summed E-state index contributed by atoms with van der Waals surface area (Å²) in [6.07, 6.45) is 4.10. The highest BCUT2D eigenvalue weighted by atomic mass is 35.5. The maximum atomic E-state index is 12.5. The van der Waals surface area contributed by atoms with Crippen LogP contribution in [-0.2, 0) is 10.0 Å². The number of nitrogens with one attached hydrogen (secondary N) is 2. The van der Waals surface area contributed by atoms with Crippen LogP contribution in [0.5, 0.6) is 0 Å². The third kappa shape index (κ3) is 5.98. The first-order valence-corrected chi connectivity index (χ1v) is 13.7. The van der Waals surface area contributed by atoms with E-state index in [1.807, 2.05) is 25.2 Å². The van der Waals surface area contributed by atoms with Crippen molar-refractivity contribution in [2.75, 3.05) is 36.9 Å². The van der Waals surface area contributed by atoms with Gasteiger partial charge in [-0.2, -0.15) is 4.98 Å². The molecule has 0 saturated heterocycles. The van der Waals surface area contributed by atoms with Gasteiger partial charge in [-0.25, -0.2) is 18.1 Å². The Labute approximate surface area is 207 Å². The van der Waals surface area contributed by atoms with E-state index in [1.165, 1.54) is 12.1 Å². The summed E-state index contributed by atoms with van der Waals surface area (Å²) in [7, 11) is -1.47. The molecule has 182 valence electrons. The number of benzene rings is 2. The third-order valence-electron chi connectivity index (χ3n) is 6.62. The zero-order valence-electron chi connectivity index (χ0n) is 19.7. The number of para-hydroxylation sites is 1. The van der Waals surface area contributed by atoms with Crippen molar-refractivity contribution in [2.45, 2.75) is 37.5 Å². The van der Waals surface area contributed by atoms with Gasteiger partial charge < -0.3 is 10.2 Å². The second kappa shape index (κ2) is 10.9. The van der Waals surface area contributed by atoms with Crippen molar-refractivity contribution in [1.29, 1.82) is 0 Å². The van der Waals surface area contributed by atoms with Crippen LogP contribution in [0.2, 0.25) is 5.02 Å². The minimum atomic E-state index is -3.51. The fraction of sp³-hybridized carbons (Fsp3) is 0.440. The van der Waals surface area contributed by atoms with Crippen molar-refractivity contribution in [3.05, 3.63) is 53.6 Å². The molecular weight excluding hydrogens is 470 g/mol. The van der Waals surface area contributed by atoms with Gasteiger partial charge in [-0.15, -0.1) is 0 Å². The Balaban J connectivity index is 1.29. The highest BCUT2D eigenvalue weighted by Crippen LogP contribution is 2.30. The summed E-state index contributed by atoms with van der Waals surface area (Å²) >= 11 is 5.86. The minimum absolute atomic E-state index is 0.248. The van der Waals surface area contributed by atoms with E-state index in [2.05, 4.69) is 27.9 Å². The maximum Gasteiger partial charge on any atom is 0.240 e. The van der Waals surface area contributed by atoms with Crippen LogP contribution in [0.15, 0.2) is 53.4 Å². The lowest BCUT2D eigenvalue weighted by Gasteiger charge is -2.29. The molecule has 0 amide bonds. The Morgan fingerprint density at radius 1 is 0.971 bits per heavy atom. The summed E-state index contributed by atoms with van der Waals surface area (Å²) in [5.74, 6) is 2.46. The second-order valence-electron chi connectivity index (χ2n) is 8.98. The zero-order valence-corrected chi connectivity index (χ0v) is 21.2. The predicted molar refractivity (Wildman–Crippen MR) is 139 cm³/mol. The van der Waals surface area contributed by atoms with Crippen LogP contribution in [0.4, 0.5) is 11.8 Å². The van der Waals surface area contributed by atoms with Crippen LogP contribution < -0.4 is 14.9 Å². The van der Waals surface area contributed by atoms with Gasteiger partial charge in [0.15, 0.2) is 0 Å². The minimum Gasteiger partial charge on any atom is -0.359 e. The van der Waals surface area contributed by atoms with E-state index in [1.54, 1.807) is 12.1 Å². The number of hydrogen-bond acceptors (Lipinski definition) is 6. The van der Waals surface area contributed by atoms with Crippen LogP contribution >= 0.6 is 11.6 Å². The Morgan fingerprint density at radius 3 is 2.29 bits per heavy atom. The van der Waals surface area contributed by atoms with Gasteiger partial charge in [0.2, 0.25) is 16.0 Å². The van der Waals surface area contributed by atoms with Crippen molar-refractivity contribution in [3.63, 3.8) is 0 Å². The van der Waals surface area contributed by atoms with E-state index >= 15 is 0 Å². The SMILES string of the molecule is CCN(C)c1nc(NC[C@H]2CC[C@H](CNS(=O)(=O)c3ccc(Cl)cc3)CC2)nc2ccccc12. The van der Waals surface area contributed by atoms with Gasteiger partial charge in [-0.1, -0.05) is 23.7 Å². The summed E-state index contributed by atoms with van der Waals surface area (Å²) < 4.78 is 27.8. The number of rotatable bonds is 9. The molecular formula is C25H32ClN5O2S. The van der Waals surface area contributed by atoms with E-state index in [-0.39, 0.29) is 4.90 Å². The lowest BCUT2D eigenvalue weighted by Crippen LogP contribution is -2.32. The van der Waals surface area contributed by atoms with Crippen LogP contribution in [-0.4, -0.2) is 45.1 Å². The van der Waals surface area contributed by atoms with Crippen LogP contribution in [0.25, 0.3) is 10.9 Å². The molecule has 0 spiro atoms. The van der Waals surface area contributed by atoms with Gasteiger partial charge >= 0.3 is 0 Å². The van der Waals surface area contributed by atoms with Crippen molar-refractivity contribution in [3.8, 4) is 0 Å².